The maximum atomic E-state index is 5.52. The van der Waals surface area contributed by atoms with Gasteiger partial charge in [0, 0.05) is 19.0 Å². The van der Waals surface area contributed by atoms with Crippen molar-refractivity contribution in [2.45, 2.75) is 33.2 Å². The Hall–Kier alpha value is -1.23. The number of thiocarbonyl (C=S) groups is 1. The largest absolute Gasteiger partial charge is 0.393 e. The van der Waals surface area contributed by atoms with Gasteiger partial charge in [-0.2, -0.15) is 5.10 Å². The Morgan fingerprint density at radius 1 is 1.56 bits per heavy atom. The molecule has 1 aromatic rings. The molecule has 1 heterocycles. The van der Waals surface area contributed by atoms with Crippen LogP contribution in [0.4, 0.5) is 5.82 Å². The van der Waals surface area contributed by atoms with Crippen LogP contribution >= 0.6 is 12.2 Å². The van der Waals surface area contributed by atoms with Crippen molar-refractivity contribution in [1.82, 2.24) is 10.2 Å². The maximum absolute atomic E-state index is 5.52. The van der Waals surface area contributed by atoms with Crippen molar-refractivity contribution >= 4 is 23.0 Å². The normalized spacial score (nSPS) is 10.5. The molecule has 0 saturated carbocycles. The number of rotatable bonds is 5. The van der Waals surface area contributed by atoms with Gasteiger partial charge in [0.1, 0.15) is 0 Å². The average molecular weight is 238 g/mol. The van der Waals surface area contributed by atoms with Gasteiger partial charge in [-0.15, -0.1) is 5.10 Å². The maximum Gasteiger partial charge on any atom is 0.151 e. The number of hydrogen-bond donors (Lipinski definition) is 1. The minimum Gasteiger partial charge on any atom is -0.393 e. The first-order chi connectivity index (χ1) is 7.50. The van der Waals surface area contributed by atoms with Crippen LogP contribution in [0.15, 0.2) is 12.3 Å². The fourth-order valence-electron chi connectivity index (χ4n) is 1.46. The predicted octanol–water partition coefficient (Wildman–Crippen LogP) is 1.68. The van der Waals surface area contributed by atoms with Gasteiger partial charge in [0.25, 0.3) is 0 Å². The molecule has 0 aromatic carbocycles. The molecule has 16 heavy (non-hydrogen) atoms. The molecule has 4 nitrogen and oxygen atoms in total. The van der Waals surface area contributed by atoms with Gasteiger partial charge in [0.2, 0.25) is 0 Å². The van der Waals surface area contributed by atoms with E-state index in [0.29, 0.717) is 17.5 Å². The van der Waals surface area contributed by atoms with Gasteiger partial charge >= 0.3 is 0 Å². The number of aromatic nitrogens is 2. The van der Waals surface area contributed by atoms with Gasteiger partial charge in [-0.25, -0.2) is 0 Å². The summed E-state index contributed by atoms with van der Waals surface area (Å²) in [5, 5.41) is 8.09. The third-order valence-corrected chi connectivity index (χ3v) is 2.50. The molecule has 88 valence electrons. The van der Waals surface area contributed by atoms with Crippen LogP contribution in [0.3, 0.4) is 0 Å². The summed E-state index contributed by atoms with van der Waals surface area (Å²) in [6.45, 7) is 7.02. The highest BCUT2D eigenvalue weighted by Crippen LogP contribution is 2.14. The first-order valence-electron chi connectivity index (χ1n) is 5.35. The van der Waals surface area contributed by atoms with Crippen molar-refractivity contribution in [2.24, 2.45) is 5.73 Å². The molecule has 5 heteroatoms. The topological polar surface area (TPSA) is 55.0 Å². The van der Waals surface area contributed by atoms with Crippen LogP contribution in [0.25, 0.3) is 0 Å². The lowest BCUT2D eigenvalue weighted by atomic mass is 10.2. The third-order valence-electron chi connectivity index (χ3n) is 2.30. The van der Waals surface area contributed by atoms with Crippen LogP contribution in [-0.4, -0.2) is 27.8 Å². The summed E-state index contributed by atoms with van der Waals surface area (Å²) >= 11 is 4.89. The lowest BCUT2D eigenvalue weighted by Gasteiger charge is -2.27. The van der Waals surface area contributed by atoms with Crippen LogP contribution in [0.2, 0.25) is 0 Å². The van der Waals surface area contributed by atoms with Crippen molar-refractivity contribution in [2.75, 3.05) is 11.4 Å². The summed E-state index contributed by atoms with van der Waals surface area (Å²) in [7, 11) is 0. The van der Waals surface area contributed by atoms with Crippen LogP contribution in [-0.2, 0) is 0 Å². The van der Waals surface area contributed by atoms with Crippen molar-refractivity contribution < 1.29 is 0 Å². The summed E-state index contributed by atoms with van der Waals surface area (Å²) in [4.78, 5) is 2.69. The standard InChI is InChI=1S/C11H18N4S/c1-8(2)15(5-4-10(12)16)11-6-9(3)7-13-14-11/h6-8H,4-5H2,1-3H3,(H2,12,16). The SMILES string of the molecule is Cc1cnnc(N(CCC(N)=S)C(C)C)c1. The molecule has 0 aliphatic carbocycles. The van der Waals surface area contributed by atoms with E-state index in [9.17, 15) is 0 Å². The molecular weight excluding hydrogens is 220 g/mol. The van der Waals surface area contributed by atoms with E-state index in [2.05, 4.69) is 28.9 Å². The van der Waals surface area contributed by atoms with Crippen LogP contribution in [0.1, 0.15) is 25.8 Å². The Balaban J connectivity index is 2.81. The second kappa shape index (κ2) is 5.75. The van der Waals surface area contributed by atoms with E-state index >= 15 is 0 Å². The van der Waals surface area contributed by atoms with Gasteiger partial charge in [0.05, 0.1) is 11.2 Å². The number of aryl methyl sites for hydroxylation is 1. The Morgan fingerprint density at radius 2 is 2.25 bits per heavy atom. The van der Waals surface area contributed by atoms with Crippen LogP contribution < -0.4 is 10.6 Å². The molecule has 0 unspecified atom stereocenters. The summed E-state index contributed by atoms with van der Waals surface area (Å²) in [6, 6.07) is 2.37. The lowest BCUT2D eigenvalue weighted by Crippen LogP contribution is -2.34. The van der Waals surface area contributed by atoms with E-state index in [1.807, 2.05) is 13.0 Å². The highest BCUT2D eigenvalue weighted by molar-refractivity contribution is 7.80. The van der Waals surface area contributed by atoms with E-state index in [4.69, 9.17) is 18.0 Å². The number of nitrogens with two attached hydrogens (primary N) is 1. The van der Waals surface area contributed by atoms with Gasteiger partial charge in [-0.3, -0.25) is 0 Å². The fourth-order valence-corrected chi connectivity index (χ4v) is 1.55. The highest BCUT2D eigenvalue weighted by Gasteiger charge is 2.12. The first kappa shape index (κ1) is 12.8. The van der Waals surface area contributed by atoms with Crippen molar-refractivity contribution in [3.05, 3.63) is 17.8 Å². The second-order valence-corrected chi connectivity index (χ2v) is 4.62. The van der Waals surface area contributed by atoms with Crippen LogP contribution in [0.5, 0.6) is 0 Å². The van der Waals surface area contributed by atoms with Crippen LogP contribution in [0, 0.1) is 6.92 Å². The number of nitrogens with zero attached hydrogens (tertiary/aromatic N) is 3. The Kier molecular flexibility index (Phi) is 4.61. The molecular formula is C11H18N4S. The predicted molar refractivity (Wildman–Crippen MR) is 70.7 cm³/mol. The molecule has 0 radical (unpaired) electrons. The Morgan fingerprint density at radius 3 is 2.75 bits per heavy atom. The molecule has 0 atom stereocenters. The third kappa shape index (κ3) is 3.73. The van der Waals surface area contributed by atoms with E-state index in [1.54, 1.807) is 6.20 Å². The quantitative estimate of drug-likeness (QED) is 0.791. The molecule has 0 spiro atoms. The fraction of sp³-hybridized carbons (Fsp3) is 0.545. The molecule has 0 aliphatic rings. The summed E-state index contributed by atoms with van der Waals surface area (Å²) in [5.74, 6) is 0.881. The number of anilines is 1. The zero-order valence-corrected chi connectivity index (χ0v) is 10.8. The Labute approximate surface area is 102 Å². The average Bonchev–Trinajstić information content (AvgIpc) is 2.17. The molecule has 0 amide bonds. The van der Waals surface area contributed by atoms with Gasteiger partial charge in [-0.05, 0) is 32.4 Å². The minimum absolute atomic E-state index is 0.352. The highest BCUT2D eigenvalue weighted by atomic mass is 32.1. The van der Waals surface area contributed by atoms with Gasteiger partial charge < -0.3 is 10.6 Å². The van der Waals surface area contributed by atoms with Gasteiger partial charge in [0.15, 0.2) is 5.82 Å². The minimum atomic E-state index is 0.352. The van der Waals surface area contributed by atoms with E-state index in [0.717, 1.165) is 17.9 Å². The first-order valence-corrected chi connectivity index (χ1v) is 5.76. The summed E-state index contributed by atoms with van der Waals surface area (Å²) in [6.07, 6.45) is 2.44. The molecule has 0 fully saturated rings. The smallest absolute Gasteiger partial charge is 0.151 e. The monoisotopic (exact) mass is 238 g/mol. The van der Waals surface area contributed by atoms with E-state index in [1.165, 1.54) is 0 Å². The Bertz CT molecular complexity index is 365. The second-order valence-electron chi connectivity index (χ2n) is 4.09. The molecule has 0 bridgehead atoms. The summed E-state index contributed by atoms with van der Waals surface area (Å²) < 4.78 is 0. The molecule has 1 aromatic heterocycles. The molecule has 0 saturated heterocycles. The zero-order chi connectivity index (χ0) is 12.1. The molecule has 1 rings (SSSR count). The van der Waals surface area contributed by atoms with Gasteiger partial charge in [-0.1, -0.05) is 12.2 Å². The molecule has 0 aliphatic heterocycles. The number of hydrogen-bond acceptors (Lipinski definition) is 4. The molecule has 2 N–H and O–H groups in total. The lowest BCUT2D eigenvalue weighted by molar-refractivity contribution is 0.674. The van der Waals surface area contributed by atoms with E-state index in [-0.39, 0.29) is 0 Å². The summed E-state index contributed by atoms with van der Waals surface area (Å²) in [5.41, 5.74) is 6.62. The van der Waals surface area contributed by atoms with Crippen molar-refractivity contribution in [3.63, 3.8) is 0 Å². The zero-order valence-electron chi connectivity index (χ0n) is 9.97. The van der Waals surface area contributed by atoms with Crippen molar-refractivity contribution in [3.8, 4) is 0 Å². The van der Waals surface area contributed by atoms with E-state index < -0.39 is 0 Å². The van der Waals surface area contributed by atoms with Crippen molar-refractivity contribution in [1.29, 1.82) is 0 Å².